The molecular weight excluding hydrogens is 481 g/mol. The molecule has 0 aliphatic heterocycles. The first kappa shape index (κ1) is 32.9. The summed E-state index contributed by atoms with van der Waals surface area (Å²) in [6.07, 6.45) is 13.5. The number of unbranched alkanes of at least 4 members (excludes halogenated alkanes) is 9. The van der Waals surface area contributed by atoms with E-state index in [0.717, 1.165) is 6.04 Å². The zero-order valence-electron chi connectivity index (χ0n) is 23.9. The van der Waals surface area contributed by atoms with E-state index in [2.05, 4.69) is 78.9 Å². The second-order valence-corrected chi connectivity index (χ2v) is 32.6. The zero-order chi connectivity index (χ0) is 25.1. The topological polar surface area (TPSA) is 36.9 Å². The smallest absolute Gasteiger partial charge is 0.317 e. The lowest BCUT2D eigenvalue weighted by molar-refractivity contribution is 0.291. The van der Waals surface area contributed by atoms with Gasteiger partial charge in [0.2, 0.25) is 0 Å². The van der Waals surface area contributed by atoms with Gasteiger partial charge in [0.05, 0.1) is 0 Å². The highest BCUT2D eigenvalue weighted by molar-refractivity contribution is 6.90. The Kier molecular flexibility index (Phi) is 14.9. The van der Waals surface area contributed by atoms with Crippen molar-refractivity contribution in [2.24, 2.45) is 0 Å². The highest BCUT2D eigenvalue weighted by Gasteiger charge is 2.46. The van der Waals surface area contributed by atoms with Crippen LogP contribution in [-0.2, 0) is 16.5 Å². The second-order valence-electron chi connectivity index (χ2n) is 12.5. The summed E-state index contributed by atoms with van der Waals surface area (Å²) in [4.78, 5) is 0. The van der Waals surface area contributed by atoms with Crippen LogP contribution in [0, 0.1) is 0 Å². The van der Waals surface area contributed by atoms with E-state index >= 15 is 0 Å². The molecule has 0 aromatic rings. The first-order valence-corrected chi connectivity index (χ1v) is 28.2. The molecule has 0 saturated carbocycles. The van der Waals surface area contributed by atoms with Gasteiger partial charge in [-0.05, 0) is 78.1 Å². The van der Waals surface area contributed by atoms with Gasteiger partial charge in [0, 0.05) is 0 Å². The number of hydrogen-bond donors (Lipinski definition) is 0. The minimum atomic E-state index is -2.39. The Hall–Kier alpha value is 0.924. The van der Waals surface area contributed by atoms with Crippen LogP contribution in [0.3, 0.4) is 0 Å². The van der Waals surface area contributed by atoms with Crippen molar-refractivity contribution in [3.63, 3.8) is 0 Å². The predicted molar refractivity (Wildman–Crippen MR) is 154 cm³/mol. The molecule has 0 bridgehead atoms. The lowest BCUT2D eigenvalue weighted by atomic mass is 10.1. The fourth-order valence-corrected chi connectivity index (χ4v) is 28.1. The summed E-state index contributed by atoms with van der Waals surface area (Å²) >= 11 is 0. The van der Waals surface area contributed by atoms with E-state index in [9.17, 15) is 0 Å². The van der Waals surface area contributed by atoms with Crippen LogP contribution in [0.1, 0.15) is 71.1 Å². The molecule has 0 amide bonds. The van der Waals surface area contributed by atoms with Gasteiger partial charge < -0.3 is 16.5 Å². The van der Waals surface area contributed by atoms with Crippen molar-refractivity contribution in [2.75, 3.05) is 0 Å². The maximum Gasteiger partial charge on any atom is 0.317 e. The summed E-state index contributed by atoms with van der Waals surface area (Å²) in [7, 11) is -10.2. The molecule has 0 rings (SSSR count). The third-order valence-electron chi connectivity index (χ3n) is 5.01. The monoisotopic (exact) mass is 538 g/mol. The predicted octanol–water partition coefficient (Wildman–Crippen LogP) is 9.12. The molecule has 0 atom stereocenters. The Balaban J connectivity index is 4.86. The molecule has 32 heavy (non-hydrogen) atoms. The third-order valence-corrected chi connectivity index (χ3v) is 22.5. The van der Waals surface area contributed by atoms with Crippen molar-refractivity contribution >= 4 is 42.3 Å². The minimum absolute atomic E-state index is 1.04. The van der Waals surface area contributed by atoms with Crippen LogP contribution in [0.25, 0.3) is 0 Å². The summed E-state index contributed by atoms with van der Waals surface area (Å²) in [5.41, 5.74) is 0. The van der Waals surface area contributed by atoms with Gasteiger partial charge in [0.15, 0.2) is 16.6 Å². The first-order chi connectivity index (χ1) is 14.4. The van der Waals surface area contributed by atoms with Crippen molar-refractivity contribution in [1.82, 2.24) is 0 Å². The molecule has 0 radical (unpaired) electrons. The number of hydrogen-bond acceptors (Lipinski definition) is 4. The molecule has 0 aliphatic rings. The Morgan fingerprint density at radius 1 is 0.406 bits per heavy atom. The van der Waals surface area contributed by atoms with Crippen LogP contribution < -0.4 is 0 Å². The van der Waals surface area contributed by atoms with Crippen molar-refractivity contribution < 1.29 is 16.5 Å². The highest BCUT2D eigenvalue weighted by Crippen LogP contribution is 2.30. The molecule has 0 aromatic heterocycles. The first-order valence-electron chi connectivity index (χ1n) is 13.2. The van der Waals surface area contributed by atoms with Gasteiger partial charge in [-0.2, -0.15) is 0 Å². The standard InChI is InChI=1S/C23H58O4Si5/c1-13-14-15-16-17-18-19-20-21-22-23-32(12,26-30(8,9)24-28(2,3)4)27-31(10,11)25-29(5,6)7/h13-23H2,1-12H3. The fourth-order valence-electron chi connectivity index (χ4n) is 4.61. The fraction of sp³-hybridized carbons (Fsp3) is 1.00. The average molecular weight is 539 g/mol. The molecule has 0 fully saturated rings. The Bertz CT molecular complexity index is 472. The SMILES string of the molecule is CCCCCCCCCCCC[Si](C)(O[Si](C)(C)O[Si](C)(C)C)O[Si](C)(C)O[Si](C)(C)C. The normalized spacial score (nSPS) is 14.2. The maximum atomic E-state index is 6.87. The van der Waals surface area contributed by atoms with E-state index in [1.165, 1.54) is 64.2 Å². The van der Waals surface area contributed by atoms with Gasteiger partial charge in [-0.3, -0.25) is 0 Å². The average Bonchev–Trinajstić information content (AvgIpc) is 2.50. The van der Waals surface area contributed by atoms with E-state index in [0.29, 0.717) is 0 Å². The van der Waals surface area contributed by atoms with Gasteiger partial charge in [-0.15, -0.1) is 0 Å². The largest absolute Gasteiger partial charge is 0.437 e. The third kappa shape index (κ3) is 19.3. The lowest BCUT2D eigenvalue weighted by Crippen LogP contribution is -2.59. The van der Waals surface area contributed by atoms with E-state index in [1.54, 1.807) is 0 Å². The summed E-state index contributed by atoms with van der Waals surface area (Å²) in [6, 6.07) is 1.04. The van der Waals surface area contributed by atoms with Crippen molar-refractivity contribution in [3.8, 4) is 0 Å². The van der Waals surface area contributed by atoms with Crippen LogP contribution in [0.5, 0.6) is 0 Å². The van der Waals surface area contributed by atoms with Crippen molar-refractivity contribution in [2.45, 2.75) is 149 Å². The molecule has 0 unspecified atom stereocenters. The van der Waals surface area contributed by atoms with Crippen molar-refractivity contribution in [1.29, 1.82) is 0 Å². The molecule has 4 nitrogen and oxygen atoms in total. The van der Waals surface area contributed by atoms with Crippen LogP contribution in [0.2, 0.25) is 78.1 Å². The lowest BCUT2D eigenvalue weighted by Gasteiger charge is -2.43. The molecule has 0 saturated heterocycles. The summed E-state index contributed by atoms with van der Waals surface area (Å²) < 4.78 is 26.8. The second kappa shape index (κ2) is 14.5. The Morgan fingerprint density at radius 2 is 0.719 bits per heavy atom. The maximum absolute atomic E-state index is 6.87. The molecular formula is C23H58O4Si5. The Morgan fingerprint density at radius 3 is 1.03 bits per heavy atom. The van der Waals surface area contributed by atoms with Gasteiger partial charge in [-0.25, -0.2) is 0 Å². The molecule has 9 heteroatoms. The van der Waals surface area contributed by atoms with Crippen LogP contribution in [0.15, 0.2) is 0 Å². The summed E-state index contributed by atoms with van der Waals surface area (Å²) in [6.45, 7) is 26.9. The van der Waals surface area contributed by atoms with Crippen molar-refractivity contribution in [3.05, 3.63) is 0 Å². The Labute approximate surface area is 207 Å². The molecule has 0 aromatic carbocycles. The molecule has 0 spiro atoms. The quantitative estimate of drug-likeness (QED) is 0.121. The summed E-state index contributed by atoms with van der Waals surface area (Å²) in [5.74, 6) is 0. The zero-order valence-corrected chi connectivity index (χ0v) is 28.9. The van der Waals surface area contributed by atoms with Gasteiger partial charge in [0.1, 0.15) is 0 Å². The van der Waals surface area contributed by atoms with Crippen LogP contribution in [0.4, 0.5) is 0 Å². The van der Waals surface area contributed by atoms with E-state index < -0.39 is 42.3 Å². The van der Waals surface area contributed by atoms with Gasteiger partial charge >= 0.3 is 25.7 Å². The van der Waals surface area contributed by atoms with E-state index in [1.807, 2.05) is 0 Å². The molecule has 0 aliphatic carbocycles. The van der Waals surface area contributed by atoms with E-state index in [-0.39, 0.29) is 0 Å². The minimum Gasteiger partial charge on any atom is -0.437 e. The highest BCUT2D eigenvalue weighted by atomic mass is 28.5. The van der Waals surface area contributed by atoms with Gasteiger partial charge in [0.25, 0.3) is 0 Å². The van der Waals surface area contributed by atoms with Crippen LogP contribution in [-0.4, -0.2) is 42.3 Å². The number of rotatable bonds is 19. The van der Waals surface area contributed by atoms with E-state index in [4.69, 9.17) is 16.5 Å². The molecule has 194 valence electrons. The van der Waals surface area contributed by atoms with Crippen LogP contribution >= 0.6 is 0 Å². The summed E-state index contributed by atoms with van der Waals surface area (Å²) in [5, 5.41) is 0. The molecule has 0 heterocycles. The van der Waals surface area contributed by atoms with Gasteiger partial charge in [-0.1, -0.05) is 71.1 Å². The molecule has 0 N–H and O–H groups in total.